The summed E-state index contributed by atoms with van der Waals surface area (Å²) in [5.74, 6) is -1.09. The maximum atomic E-state index is 12.4. The highest BCUT2D eigenvalue weighted by Gasteiger charge is 2.50. The van der Waals surface area contributed by atoms with E-state index < -0.39 is 21.5 Å². The average Bonchev–Trinajstić information content (AvgIpc) is 2.85. The first-order chi connectivity index (χ1) is 8.28. The van der Waals surface area contributed by atoms with Crippen LogP contribution < -0.4 is 0 Å². The van der Waals surface area contributed by atoms with Crippen LogP contribution >= 0.6 is 11.3 Å². The predicted molar refractivity (Wildman–Crippen MR) is 68.2 cm³/mol. The van der Waals surface area contributed by atoms with Crippen molar-refractivity contribution in [2.45, 2.75) is 36.4 Å². The van der Waals surface area contributed by atoms with Gasteiger partial charge in [-0.1, -0.05) is 0 Å². The van der Waals surface area contributed by atoms with Crippen molar-refractivity contribution in [1.29, 1.82) is 0 Å². The molecule has 1 aliphatic heterocycles. The summed E-state index contributed by atoms with van der Waals surface area (Å²) in [5, 5.41) is 9.26. The first-order valence-electron chi connectivity index (χ1n) is 5.61. The largest absolute Gasteiger partial charge is 0.480 e. The lowest BCUT2D eigenvalue weighted by atomic mass is 10.0. The van der Waals surface area contributed by atoms with Crippen molar-refractivity contribution in [3.63, 3.8) is 0 Å². The number of aliphatic carboxylic acids is 1. The SMILES string of the molecule is Cc1ccc(S(=O)(=O)N2CCCC2(C)C(=O)O)s1. The third kappa shape index (κ3) is 1.96. The maximum absolute atomic E-state index is 12.4. The number of aryl methyl sites for hydroxylation is 1. The summed E-state index contributed by atoms with van der Waals surface area (Å²) >= 11 is 1.17. The molecule has 1 aromatic rings. The van der Waals surface area contributed by atoms with Gasteiger partial charge in [0.25, 0.3) is 10.0 Å². The Labute approximate surface area is 110 Å². The molecule has 100 valence electrons. The van der Waals surface area contributed by atoms with E-state index in [2.05, 4.69) is 0 Å². The smallest absolute Gasteiger partial charge is 0.324 e. The Bertz CT molecular complexity index is 578. The predicted octanol–water partition coefficient (Wildman–Crippen LogP) is 1.68. The van der Waals surface area contributed by atoms with Crippen LogP contribution in [0, 0.1) is 6.92 Å². The molecule has 18 heavy (non-hydrogen) atoms. The molecule has 0 spiro atoms. The van der Waals surface area contributed by atoms with Gasteiger partial charge >= 0.3 is 5.97 Å². The van der Waals surface area contributed by atoms with Gasteiger partial charge in [0.05, 0.1) is 0 Å². The minimum Gasteiger partial charge on any atom is -0.480 e. The van der Waals surface area contributed by atoms with Crippen LogP contribution in [0.4, 0.5) is 0 Å². The van der Waals surface area contributed by atoms with Crippen LogP contribution in [-0.4, -0.2) is 35.9 Å². The Morgan fingerprint density at radius 3 is 2.67 bits per heavy atom. The molecule has 1 aromatic heterocycles. The molecule has 1 unspecified atom stereocenters. The molecule has 5 nitrogen and oxygen atoms in total. The van der Waals surface area contributed by atoms with E-state index in [1.807, 2.05) is 6.92 Å². The Hall–Kier alpha value is -0.920. The summed E-state index contributed by atoms with van der Waals surface area (Å²) in [5.41, 5.74) is -1.32. The van der Waals surface area contributed by atoms with Crippen molar-refractivity contribution < 1.29 is 18.3 Å². The molecule has 7 heteroatoms. The number of carboxylic acid groups (broad SMARTS) is 1. The zero-order chi connectivity index (χ0) is 13.6. The van der Waals surface area contributed by atoms with E-state index in [4.69, 9.17) is 0 Å². The number of rotatable bonds is 3. The molecule has 1 fully saturated rings. The van der Waals surface area contributed by atoms with Crippen LogP contribution in [0.25, 0.3) is 0 Å². The normalized spacial score (nSPS) is 25.4. The van der Waals surface area contributed by atoms with Gasteiger partial charge in [-0.05, 0) is 38.8 Å². The van der Waals surface area contributed by atoms with Crippen LogP contribution in [-0.2, 0) is 14.8 Å². The lowest BCUT2D eigenvalue weighted by Gasteiger charge is -2.29. The second-order valence-corrected chi connectivity index (χ2v) is 8.00. The summed E-state index contributed by atoms with van der Waals surface area (Å²) in [6, 6.07) is 3.27. The molecule has 1 saturated heterocycles. The fourth-order valence-corrected chi connectivity index (χ4v) is 5.40. The van der Waals surface area contributed by atoms with Crippen LogP contribution in [0.3, 0.4) is 0 Å². The molecular weight excluding hydrogens is 274 g/mol. The second kappa shape index (κ2) is 4.32. The van der Waals surface area contributed by atoms with Gasteiger partial charge < -0.3 is 5.11 Å². The van der Waals surface area contributed by atoms with Gasteiger partial charge in [-0.3, -0.25) is 4.79 Å². The molecule has 0 amide bonds. The number of thiophene rings is 1. The number of nitrogens with zero attached hydrogens (tertiary/aromatic N) is 1. The zero-order valence-corrected chi connectivity index (χ0v) is 11.8. The average molecular weight is 289 g/mol. The van der Waals surface area contributed by atoms with Crippen LogP contribution in [0.2, 0.25) is 0 Å². The van der Waals surface area contributed by atoms with Gasteiger partial charge in [-0.25, -0.2) is 8.42 Å². The fraction of sp³-hybridized carbons (Fsp3) is 0.545. The number of sulfonamides is 1. The van der Waals surface area contributed by atoms with E-state index in [1.54, 1.807) is 6.07 Å². The third-order valence-corrected chi connectivity index (χ3v) is 6.78. The molecule has 0 radical (unpaired) electrons. The van der Waals surface area contributed by atoms with Crippen molar-refractivity contribution in [2.75, 3.05) is 6.54 Å². The highest BCUT2D eigenvalue weighted by molar-refractivity contribution is 7.91. The van der Waals surface area contributed by atoms with Crippen molar-refractivity contribution in [2.24, 2.45) is 0 Å². The van der Waals surface area contributed by atoms with Gasteiger partial charge in [-0.15, -0.1) is 11.3 Å². The maximum Gasteiger partial charge on any atom is 0.324 e. The van der Waals surface area contributed by atoms with Crippen molar-refractivity contribution >= 4 is 27.3 Å². The van der Waals surface area contributed by atoms with Gasteiger partial charge in [0.15, 0.2) is 0 Å². The lowest BCUT2D eigenvalue weighted by molar-refractivity contribution is -0.146. The lowest BCUT2D eigenvalue weighted by Crippen LogP contribution is -2.50. The number of carboxylic acids is 1. The van der Waals surface area contributed by atoms with Crippen molar-refractivity contribution in [1.82, 2.24) is 4.31 Å². The molecular formula is C11H15NO4S2. The molecule has 1 atom stereocenters. The van der Waals surface area contributed by atoms with Crippen LogP contribution in [0.15, 0.2) is 16.3 Å². The topological polar surface area (TPSA) is 74.7 Å². The Morgan fingerprint density at radius 1 is 1.50 bits per heavy atom. The standard InChI is InChI=1S/C11H15NO4S2/c1-8-4-5-9(17-8)18(15,16)12-7-3-6-11(12,2)10(13)14/h4-5H,3,6-7H2,1-2H3,(H,13,14). The molecule has 1 N–H and O–H groups in total. The molecule has 0 aliphatic carbocycles. The summed E-state index contributed by atoms with van der Waals surface area (Å²) in [6.45, 7) is 3.56. The monoisotopic (exact) mass is 289 g/mol. The van der Waals surface area contributed by atoms with Gasteiger partial charge in [0.2, 0.25) is 0 Å². The van der Waals surface area contributed by atoms with E-state index in [0.717, 1.165) is 9.18 Å². The van der Waals surface area contributed by atoms with Gasteiger partial charge in [-0.2, -0.15) is 4.31 Å². The summed E-state index contributed by atoms with van der Waals surface area (Å²) in [7, 11) is -3.70. The zero-order valence-electron chi connectivity index (χ0n) is 10.2. The summed E-state index contributed by atoms with van der Waals surface area (Å²) in [4.78, 5) is 12.2. The minimum atomic E-state index is -3.70. The van der Waals surface area contributed by atoms with E-state index in [9.17, 15) is 18.3 Å². The quantitative estimate of drug-likeness (QED) is 0.918. The van der Waals surface area contributed by atoms with E-state index in [1.165, 1.54) is 24.3 Å². The molecule has 0 aromatic carbocycles. The van der Waals surface area contributed by atoms with E-state index >= 15 is 0 Å². The molecule has 2 heterocycles. The minimum absolute atomic E-state index is 0.217. The molecule has 1 aliphatic rings. The van der Waals surface area contributed by atoms with Crippen LogP contribution in [0.1, 0.15) is 24.6 Å². The van der Waals surface area contributed by atoms with Crippen molar-refractivity contribution in [3.05, 3.63) is 17.0 Å². The first kappa shape index (κ1) is 13.5. The Morgan fingerprint density at radius 2 is 2.17 bits per heavy atom. The number of carbonyl (C=O) groups is 1. The molecule has 2 rings (SSSR count). The molecule has 0 saturated carbocycles. The second-order valence-electron chi connectivity index (χ2n) is 4.62. The van der Waals surface area contributed by atoms with Crippen LogP contribution in [0.5, 0.6) is 0 Å². The van der Waals surface area contributed by atoms with Gasteiger partial charge in [0, 0.05) is 11.4 Å². The Balaban J connectivity index is 2.45. The van der Waals surface area contributed by atoms with Gasteiger partial charge in [0.1, 0.15) is 9.75 Å². The third-order valence-electron chi connectivity index (χ3n) is 3.30. The van der Waals surface area contributed by atoms with E-state index in [0.29, 0.717) is 12.8 Å². The fourth-order valence-electron chi connectivity index (χ4n) is 2.20. The first-order valence-corrected chi connectivity index (χ1v) is 7.87. The molecule has 0 bridgehead atoms. The van der Waals surface area contributed by atoms with E-state index in [-0.39, 0.29) is 10.8 Å². The summed E-state index contributed by atoms with van der Waals surface area (Å²) in [6.07, 6.45) is 0.929. The van der Waals surface area contributed by atoms with Crippen molar-refractivity contribution in [3.8, 4) is 0 Å². The number of hydrogen-bond acceptors (Lipinski definition) is 4. The Kier molecular flexibility index (Phi) is 3.25. The summed E-state index contributed by atoms with van der Waals surface area (Å²) < 4.78 is 26.2. The highest BCUT2D eigenvalue weighted by Crippen LogP contribution is 2.36. The highest BCUT2D eigenvalue weighted by atomic mass is 32.2. The number of hydrogen-bond donors (Lipinski definition) is 1.